The van der Waals surface area contributed by atoms with Crippen molar-refractivity contribution >= 4 is 33.0 Å². The predicted octanol–water partition coefficient (Wildman–Crippen LogP) is -1.33. The number of hydrogen-bond acceptors (Lipinski definition) is 7. The summed E-state index contributed by atoms with van der Waals surface area (Å²) in [4.78, 5) is 34.0. The topological polar surface area (TPSA) is 179 Å². The lowest BCUT2D eigenvalue weighted by atomic mass is 10.2. The van der Waals surface area contributed by atoms with Crippen molar-refractivity contribution in [3.05, 3.63) is 46.5 Å². The summed E-state index contributed by atoms with van der Waals surface area (Å²) >= 11 is 0. The molecule has 0 bridgehead atoms. The molecule has 0 radical (unpaired) electrons. The van der Waals surface area contributed by atoms with Crippen molar-refractivity contribution in [3.8, 4) is 0 Å². The summed E-state index contributed by atoms with van der Waals surface area (Å²) in [6.07, 6.45) is 1.33. The van der Waals surface area contributed by atoms with Crippen molar-refractivity contribution in [1.29, 1.82) is 0 Å². The molecule has 0 spiro atoms. The minimum atomic E-state index is -3.76. The van der Waals surface area contributed by atoms with Crippen LogP contribution in [0, 0.1) is 0 Å². The van der Waals surface area contributed by atoms with E-state index in [9.17, 15) is 18.0 Å². The van der Waals surface area contributed by atoms with Crippen LogP contribution >= 0.6 is 0 Å². The number of rotatable bonds is 5. The van der Waals surface area contributed by atoms with Crippen LogP contribution in [0.2, 0.25) is 0 Å². The molecule has 0 aliphatic carbocycles. The summed E-state index contributed by atoms with van der Waals surface area (Å²) in [5.74, 6) is -0.417. The van der Waals surface area contributed by atoms with Gasteiger partial charge in [-0.05, 0) is 17.7 Å². The number of imidazole rings is 1. The van der Waals surface area contributed by atoms with Gasteiger partial charge in [0, 0.05) is 6.54 Å². The summed E-state index contributed by atoms with van der Waals surface area (Å²) < 4.78 is 23.8. The summed E-state index contributed by atoms with van der Waals surface area (Å²) in [6, 6.07) is 5.82. The molecule has 3 rings (SSSR count). The van der Waals surface area contributed by atoms with E-state index < -0.39 is 15.6 Å². The molecule has 0 fully saturated rings. The van der Waals surface area contributed by atoms with Crippen LogP contribution in [0.25, 0.3) is 11.2 Å². The number of aromatic amines is 1. The summed E-state index contributed by atoms with van der Waals surface area (Å²) in [6.45, 7) is 0.0775. The second kappa shape index (κ2) is 6.57. The van der Waals surface area contributed by atoms with Gasteiger partial charge in [0.25, 0.3) is 5.56 Å². The fraction of sp³-hybridized carbons (Fsp3) is 0.143. The van der Waals surface area contributed by atoms with Crippen LogP contribution in [0.3, 0.4) is 0 Å². The molecule has 6 N–H and O–H groups in total. The number of sulfonamides is 1. The second-order valence-corrected chi connectivity index (χ2v) is 7.02. The number of anilines is 1. The van der Waals surface area contributed by atoms with Crippen molar-refractivity contribution in [1.82, 2.24) is 24.8 Å². The lowest BCUT2D eigenvalue weighted by Crippen LogP contribution is -2.27. The van der Waals surface area contributed by atoms with Crippen molar-refractivity contribution in [3.63, 3.8) is 0 Å². The molecule has 12 heteroatoms. The average molecular weight is 377 g/mol. The molecule has 0 unspecified atom stereocenters. The number of carbonyl (C=O) groups excluding carboxylic acids is 1. The van der Waals surface area contributed by atoms with E-state index in [1.54, 1.807) is 12.1 Å². The maximum absolute atomic E-state index is 12.1. The van der Waals surface area contributed by atoms with Gasteiger partial charge in [-0.15, -0.1) is 0 Å². The Kier molecular flexibility index (Phi) is 4.44. The number of amides is 1. The Hall–Kier alpha value is -3.25. The zero-order valence-electron chi connectivity index (χ0n) is 13.3. The van der Waals surface area contributed by atoms with Gasteiger partial charge in [-0.1, -0.05) is 12.1 Å². The lowest BCUT2D eigenvalue weighted by molar-refractivity contribution is -0.121. The number of fused-ring (bicyclic) bond motifs is 1. The number of H-pyrrole nitrogens is 1. The SMILES string of the molecule is Nc1nc2c(ncn2CC(=O)NCc2ccc(S(N)(=O)=O)cc2)c(=O)[nH]1. The number of nitrogen functional groups attached to an aromatic ring is 1. The number of primary sulfonamides is 1. The van der Waals surface area contributed by atoms with Crippen LogP contribution in [0.5, 0.6) is 0 Å². The second-order valence-electron chi connectivity index (χ2n) is 5.46. The number of aromatic nitrogens is 4. The minimum Gasteiger partial charge on any atom is -0.369 e. The first kappa shape index (κ1) is 17.6. The van der Waals surface area contributed by atoms with Gasteiger partial charge >= 0.3 is 0 Å². The largest absolute Gasteiger partial charge is 0.369 e. The third-order valence-electron chi connectivity index (χ3n) is 3.55. The van der Waals surface area contributed by atoms with Gasteiger partial charge in [0.05, 0.1) is 11.2 Å². The molecule has 1 amide bonds. The van der Waals surface area contributed by atoms with Gasteiger partial charge in [0.2, 0.25) is 21.9 Å². The van der Waals surface area contributed by atoms with E-state index in [1.165, 1.54) is 23.0 Å². The molecular formula is C14H15N7O4S. The van der Waals surface area contributed by atoms with Gasteiger partial charge in [0.1, 0.15) is 6.54 Å². The molecule has 0 saturated carbocycles. The molecule has 3 aromatic rings. The number of nitrogens with one attached hydrogen (secondary N) is 2. The molecule has 11 nitrogen and oxygen atoms in total. The quantitative estimate of drug-likeness (QED) is 0.425. The van der Waals surface area contributed by atoms with Crippen molar-refractivity contribution in [2.45, 2.75) is 18.0 Å². The van der Waals surface area contributed by atoms with Crippen LogP contribution in [0.1, 0.15) is 5.56 Å². The maximum Gasteiger partial charge on any atom is 0.280 e. The maximum atomic E-state index is 12.1. The molecule has 1 aromatic carbocycles. The first-order valence-electron chi connectivity index (χ1n) is 7.33. The third kappa shape index (κ3) is 3.70. The third-order valence-corrected chi connectivity index (χ3v) is 4.48. The standard InChI is InChI=1S/C14H15N7O4S/c15-14-19-12-11(13(23)20-14)18-7-21(12)6-10(22)17-5-8-1-3-9(4-2-8)26(16,24)25/h1-4,7H,5-6H2,(H,17,22)(H2,16,24,25)(H3,15,19,20,23). The number of benzene rings is 1. The van der Waals surface area contributed by atoms with Gasteiger partial charge in [-0.2, -0.15) is 4.98 Å². The molecule has 136 valence electrons. The Bertz CT molecular complexity index is 1130. The van der Waals surface area contributed by atoms with E-state index in [0.29, 0.717) is 5.56 Å². The number of hydrogen-bond donors (Lipinski definition) is 4. The first-order valence-corrected chi connectivity index (χ1v) is 8.88. The summed E-state index contributed by atoms with van der Waals surface area (Å²) in [7, 11) is -3.76. The molecule has 0 aliphatic heterocycles. The van der Waals surface area contributed by atoms with E-state index in [-0.39, 0.29) is 41.0 Å². The molecule has 0 atom stereocenters. The highest BCUT2D eigenvalue weighted by molar-refractivity contribution is 7.89. The van der Waals surface area contributed by atoms with Crippen LogP contribution in [-0.2, 0) is 27.9 Å². The molecule has 2 heterocycles. The zero-order valence-corrected chi connectivity index (χ0v) is 14.2. The zero-order chi connectivity index (χ0) is 18.9. The van der Waals surface area contributed by atoms with E-state index in [1.807, 2.05) is 0 Å². The van der Waals surface area contributed by atoms with Gasteiger partial charge < -0.3 is 15.6 Å². The first-order chi connectivity index (χ1) is 12.2. The van der Waals surface area contributed by atoms with Crippen molar-refractivity contribution < 1.29 is 13.2 Å². The molecule has 26 heavy (non-hydrogen) atoms. The average Bonchev–Trinajstić information content (AvgIpc) is 2.95. The van der Waals surface area contributed by atoms with Crippen LogP contribution in [0.4, 0.5) is 5.95 Å². The normalized spacial score (nSPS) is 11.6. The van der Waals surface area contributed by atoms with Gasteiger partial charge in [-0.25, -0.2) is 18.5 Å². The van der Waals surface area contributed by atoms with E-state index in [0.717, 1.165) is 0 Å². The Labute approximate surface area is 147 Å². The fourth-order valence-corrected chi connectivity index (χ4v) is 2.81. The van der Waals surface area contributed by atoms with Crippen molar-refractivity contribution in [2.75, 3.05) is 5.73 Å². The number of nitrogens with zero attached hydrogens (tertiary/aromatic N) is 3. The van der Waals surface area contributed by atoms with Crippen LogP contribution in [-0.4, -0.2) is 33.8 Å². The number of nitrogens with two attached hydrogens (primary N) is 2. The van der Waals surface area contributed by atoms with E-state index >= 15 is 0 Å². The highest BCUT2D eigenvalue weighted by atomic mass is 32.2. The monoisotopic (exact) mass is 377 g/mol. The lowest BCUT2D eigenvalue weighted by Gasteiger charge is -2.07. The molecule has 0 saturated heterocycles. The Morgan fingerprint density at radius 2 is 1.96 bits per heavy atom. The highest BCUT2D eigenvalue weighted by Gasteiger charge is 2.12. The summed E-state index contributed by atoms with van der Waals surface area (Å²) in [5.41, 5.74) is 6.01. The van der Waals surface area contributed by atoms with Gasteiger partial charge in [-0.3, -0.25) is 14.6 Å². The van der Waals surface area contributed by atoms with Crippen molar-refractivity contribution in [2.24, 2.45) is 5.14 Å². The Morgan fingerprint density at radius 1 is 1.27 bits per heavy atom. The van der Waals surface area contributed by atoms with Crippen LogP contribution < -0.4 is 21.7 Å². The van der Waals surface area contributed by atoms with E-state index in [4.69, 9.17) is 10.9 Å². The highest BCUT2D eigenvalue weighted by Crippen LogP contribution is 2.09. The Morgan fingerprint density at radius 3 is 2.62 bits per heavy atom. The summed E-state index contributed by atoms with van der Waals surface area (Å²) in [5, 5.41) is 7.70. The minimum absolute atomic E-state index is 0.00801. The van der Waals surface area contributed by atoms with Gasteiger partial charge in [0.15, 0.2) is 11.2 Å². The molecule has 0 aliphatic rings. The molecule has 2 aromatic heterocycles. The Balaban J connectivity index is 1.67. The predicted molar refractivity (Wildman–Crippen MR) is 92.2 cm³/mol. The smallest absolute Gasteiger partial charge is 0.280 e. The molecular weight excluding hydrogens is 362 g/mol. The van der Waals surface area contributed by atoms with E-state index in [2.05, 4.69) is 20.3 Å². The van der Waals surface area contributed by atoms with Crippen LogP contribution in [0.15, 0.2) is 40.3 Å². The fourth-order valence-electron chi connectivity index (χ4n) is 2.29. The number of carbonyl (C=O) groups is 1.